The average molecular weight is 373 g/mol. The summed E-state index contributed by atoms with van der Waals surface area (Å²) < 4.78 is 12.7. The van der Waals surface area contributed by atoms with Crippen molar-refractivity contribution in [2.75, 3.05) is 7.11 Å². The molecule has 0 amide bonds. The first-order valence-electron chi connectivity index (χ1n) is 8.90. The van der Waals surface area contributed by atoms with Gasteiger partial charge in [0.1, 0.15) is 11.5 Å². The number of imidazole rings is 1. The molecular weight excluding hydrogens is 354 g/mol. The molecule has 28 heavy (non-hydrogen) atoms. The van der Waals surface area contributed by atoms with Gasteiger partial charge in [-0.1, -0.05) is 18.2 Å². The fourth-order valence-electron chi connectivity index (χ4n) is 3.12. The highest BCUT2D eigenvalue weighted by Crippen LogP contribution is 2.26. The van der Waals surface area contributed by atoms with Crippen LogP contribution in [0.2, 0.25) is 0 Å². The number of rotatable bonds is 6. The van der Waals surface area contributed by atoms with E-state index in [-0.39, 0.29) is 18.4 Å². The van der Waals surface area contributed by atoms with Crippen LogP contribution < -0.4 is 9.47 Å². The second kappa shape index (κ2) is 7.92. The first-order chi connectivity index (χ1) is 13.7. The van der Waals surface area contributed by atoms with Crippen molar-refractivity contribution in [1.29, 1.82) is 0 Å². The van der Waals surface area contributed by atoms with E-state index >= 15 is 0 Å². The van der Waals surface area contributed by atoms with E-state index in [0.29, 0.717) is 5.75 Å². The number of pyridine rings is 1. The first-order valence-corrected chi connectivity index (χ1v) is 8.90. The predicted octanol–water partition coefficient (Wildman–Crippen LogP) is 4.03. The summed E-state index contributed by atoms with van der Waals surface area (Å²) in [5.74, 6) is 0.916. The van der Waals surface area contributed by atoms with Crippen molar-refractivity contribution >= 4 is 16.9 Å². The fourth-order valence-corrected chi connectivity index (χ4v) is 3.12. The Kier molecular flexibility index (Phi) is 5.01. The zero-order valence-corrected chi connectivity index (χ0v) is 15.4. The maximum absolute atomic E-state index is 12.6. The van der Waals surface area contributed by atoms with Gasteiger partial charge in [0, 0.05) is 30.0 Å². The van der Waals surface area contributed by atoms with Crippen molar-refractivity contribution in [2.24, 2.45) is 0 Å². The second-order valence-corrected chi connectivity index (χ2v) is 6.33. The number of nitrogens with zero attached hydrogens (tertiary/aromatic N) is 3. The Labute approximate surface area is 162 Å². The number of aromatic nitrogens is 3. The maximum Gasteiger partial charge on any atom is 0.313 e. The number of hydrogen-bond acceptors (Lipinski definition) is 5. The van der Waals surface area contributed by atoms with Crippen LogP contribution >= 0.6 is 0 Å². The molecule has 0 radical (unpaired) electrons. The van der Waals surface area contributed by atoms with E-state index in [1.165, 1.54) is 0 Å². The molecule has 0 bridgehead atoms. The minimum absolute atomic E-state index is 0.170. The summed E-state index contributed by atoms with van der Waals surface area (Å²) in [5, 5.41) is 0.997. The minimum Gasteiger partial charge on any atom is -0.497 e. The van der Waals surface area contributed by atoms with Crippen LogP contribution in [0.4, 0.5) is 0 Å². The summed E-state index contributed by atoms with van der Waals surface area (Å²) in [6.07, 6.45) is 7.11. The van der Waals surface area contributed by atoms with Crippen LogP contribution in [0.25, 0.3) is 10.9 Å². The van der Waals surface area contributed by atoms with E-state index in [0.717, 1.165) is 22.2 Å². The Morgan fingerprint density at radius 3 is 2.64 bits per heavy atom. The lowest BCUT2D eigenvalue weighted by Gasteiger charge is -2.18. The van der Waals surface area contributed by atoms with Gasteiger partial charge in [-0.15, -0.1) is 0 Å². The maximum atomic E-state index is 12.6. The largest absolute Gasteiger partial charge is 0.497 e. The molecule has 0 saturated carbocycles. The molecule has 2 aromatic heterocycles. The van der Waals surface area contributed by atoms with E-state index in [2.05, 4.69) is 9.97 Å². The van der Waals surface area contributed by atoms with Crippen molar-refractivity contribution in [3.8, 4) is 11.5 Å². The molecule has 1 unspecified atom stereocenters. The highest BCUT2D eigenvalue weighted by atomic mass is 16.5. The molecule has 4 aromatic rings. The molecule has 4 rings (SSSR count). The van der Waals surface area contributed by atoms with Crippen molar-refractivity contribution in [3.63, 3.8) is 0 Å². The molecule has 0 saturated heterocycles. The van der Waals surface area contributed by atoms with Gasteiger partial charge in [0.2, 0.25) is 0 Å². The molecule has 0 aliphatic carbocycles. The van der Waals surface area contributed by atoms with Crippen molar-refractivity contribution in [1.82, 2.24) is 14.5 Å². The topological polar surface area (TPSA) is 66.2 Å². The van der Waals surface area contributed by atoms with E-state index in [9.17, 15) is 4.79 Å². The van der Waals surface area contributed by atoms with Crippen molar-refractivity contribution in [3.05, 3.63) is 85.1 Å². The summed E-state index contributed by atoms with van der Waals surface area (Å²) in [6.45, 7) is 0. The number of carbonyl (C=O) groups is 1. The highest BCUT2D eigenvalue weighted by molar-refractivity contribution is 5.81. The van der Waals surface area contributed by atoms with Crippen molar-refractivity contribution in [2.45, 2.75) is 12.5 Å². The smallest absolute Gasteiger partial charge is 0.313 e. The lowest BCUT2D eigenvalue weighted by atomic mass is 10.0. The normalized spacial score (nSPS) is 11.9. The van der Waals surface area contributed by atoms with Gasteiger partial charge in [0.25, 0.3) is 0 Å². The predicted molar refractivity (Wildman–Crippen MR) is 105 cm³/mol. The monoisotopic (exact) mass is 373 g/mol. The van der Waals surface area contributed by atoms with E-state index in [1.54, 1.807) is 38.0 Å². The Morgan fingerprint density at radius 2 is 1.89 bits per heavy atom. The van der Waals surface area contributed by atoms with Crippen LogP contribution in [0.1, 0.15) is 18.0 Å². The summed E-state index contributed by atoms with van der Waals surface area (Å²) >= 11 is 0. The number of benzene rings is 2. The van der Waals surface area contributed by atoms with E-state index in [1.807, 2.05) is 53.2 Å². The standard InChI is InChI=1S/C22H19N3O3/c1-27-18-7-5-17(6-8-18)21(25-12-11-23-15-25)14-22(26)28-19-9-4-16-3-2-10-24-20(16)13-19/h2-13,15,21H,14H2,1H3. The molecular formula is C22H19N3O3. The molecule has 2 aromatic carbocycles. The third-order valence-electron chi connectivity index (χ3n) is 4.55. The Balaban J connectivity index is 1.54. The van der Waals surface area contributed by atoms with Crippen LogP contribution in [0.5, 0.6) is 11.5 Å². The molecule has 2 heterocycles. The molecule has 0 spiro atoms. The Hall–Kier alpha value is -3.67. The summed E-state index contributed by atoms with van der Waals surface area (Å²) in [5.41, 5.74) is 1.75. The van der Waals surface area contributed by atoms with Gasteiger partial charge in [-0.05, 0) is 35.9 Å². The SMILES string of the molecule is COc1ccc(C(CC(=O)Oc2ccc3cccnc3c2)n2ccnc2)cc1. The number of carbonyl (C=O) groups excluding carboxylic acids is 1. The average Bonchev–Trinajstić information content (AvgIpc) is 3.27. The van der Waals surface area contributed by atoms with Gasteiger partial charge in [-0.3, -0.25) is 9.78 Å². The van der Waals surface area contributed by atoms with Gasteiger partial charge in [0.15, 0.2) is 0 Å². The van der Waals surface area contributed by atoms with Crippen LogP contribution in [0, 0.1) is 0 Å². The van der Waals surface area contributed by atoms with Crippen LogP contribution in [-0.4, -0.2) is 27.6 Å². The van der Waals surface area contributed by atoms with Crippen molar-refractivity contribution < 1.29 is 14.3 Å². The van der Waals surface area contributed by atoms with E-state index in [4.69, 9.17) is 9.47 Å². The number of hydrogen-bond donors (Lipinski definition) is 0. The quantitative estimate of drug-likeness (QED) is 0.377. The molecule has 140 valence electrons. The summed E-state index contributed by atoms with van der Waals surface area (Å²) in [6, 6.07) is 16.7. The second-order valence-electron chi connectivity index (χ2n) is 6.33. The van der Waals surface area contributed by atoms with Gasteiger partial charge < -0.3 is 14.0 Å². The molecule has 0 fully saturated rings. The molecule has 6 nitrogen and oxygen atoms in total. The number of esters is 1. The van der Waals surface area contributed by atoms with Crippen LogP contribution in [-0.2, 0) is 4.79 Å². The Morgan fingerprint density at radius 1 is 1.07 bits per heavy atom. The third kappa shape index (κ3) is 3.86. The zero-order valence-electron chi connectivity index (χ0n) is 15.4. The van der Waals surface area contributed by atoms with Gasteiger partial charge in [0.05, 0.1) is 31.4 Å². The Bertz CT molecular complexity index is 1080. The number of fused-ring (bicyclic) bond motifs is 1. The molecule has 1 atom stereocenters. The lowest BCUT2D eigenvalue weighted by molar-refractivity contribution is -0.135. The van der Waals surface area contributed by atoms with Gasteiger partial charge in [-0.2, -0.15) is 0 Å². The van der Waals surface area contributed by atoms with Gasteiger partial charge in [-0.25, -0.2) is 4.98 Å². The first kappa shape index (κ1) is 17.7. The number of ether oxygens (including phenoxy) is 2. The third-order valence-corrected chi connectivity index (χ3v) is 4.55. The molecule has 0 aliphatic rings. The van der Waals surface area contributed by atoms with Gasteiger partial charge >= 0.3 is 5.97 Å². The van der Waals surface area contributed by atoms with Crippen LogP contribution in [0.15, 0.2) is 79.5 Å². The summed E-state index contributed by atoms with van der Waals surface area (Å²) in [4.78, 5) is 21.1. The molecule has 0 aliphatic heterocycles. The fraction of sp³-hybridized carbons (Fsp3) is 0.136. The van der Waals surface area contributed by atoms with E-state index < -0.39 is 0 Å². The minimum atomic E-state index is -0.329. The summed E-state index contributed by atoms with van der Waals surface area (Å²) in [7, 11) is 1.62. The van der Waals surface area contributed by atoms with Crippen LogP contribution in [0.3, 0.4) is 0 Å². The number of methoxy groups -OCH3 is 1. The highest BCUT2D eigenvalue weighted by Gasteiger charge is 2.19. The zero-order chi connectivity index (χ0) is 19.3. The molecule has 6 heteroatoms. The molecule has 0 N–H and O–H groups in total. The lowest BCUT2D eigenvalue weighted by Crippen LogP contribution is -2.18.